The zero-order valence-corrected chi connectivity index (χ0v) is 10.2. The van der Waals surface area contributed by atoms with Crippen LogP contribution in [0.25, 0.3) is 0 Å². The second kappa shape index (κ2) is 3.36. The zero-order valence-electron chi connectivity index (χ0n) is 6.23. The first-order chi connectivity index (χ1) is 4.67. The van der Waals surface area contributed by atoms with Gasteiger partial charge in [-0.1, -0.05) is 47.8 Å². The van der Waals surface area contributed by atoms with E-state index in [9.17, 15) is 0 Å². The molecule has 0 unspecified atom stereocenters. The first kappa shape index (κ1) is 8.74. The third-order valence-electron chi connectivity index (χ3n) is 1.52. The zero-order chi connectivity index (χ0) is 7.61. The normalized spacial score (nSPS) is 11.9. The summed E-state index contributed by atoms with van der Waals surface area (Å²) in [6, 6.07) is 4.43. The predicted octanol–water partition coefficient (Wildman–Crippen LogP) is 2.64. The van der Waals surface area contributed by atoms with Gasteiger partial charge in [0.15, 0.2) is 0 Å². The summed E-state index contributed by atoms with van der Waals surface area (Å²) in [4.78, 5) is 0. The fourth-order valence-corrected chi connectivity index (χ4v) is 5.58. The first-order valence-electron chi connectivity index (χ1n) is 3.27. The fraction of sp³-hybridized carbons (Fsp3) is 0.429. The van der Waals surface area contributed by atoms with Crippen LogP contribution in [0.1, 0.15) is 0 Å². The lowest BCUT2D eigenvalue weighted by Crippen LogP contribution is -2.41. The minimum atomic E-state index is -0.996. The van der Waals surface area contributed by atoms with Gasteiger partial charge in [0.05, 0.1) is 0 Å². The van der Waals surface area contributed by atoms with E-state index in [0.717, 1.165) is 0 Å². The fourth-order valence-electron chi connectivity index (χ4n) is 0.730. The highest BCUT2D eigenvalue weighted by molar-refractivity contribution is 14.1. The van der Waals surface area contributed by atoms with Crippen molar-refractivity contribution in [2.45, 2.75) is 13.1 Å². The highest BCUT2D eigenvalue weighted by Gasteiger charge is 2.22. The quantitative estimate of drug-likeness (QED) is 0.444. The molecule has 0 N–H and O–H groups in total. The van der Waals surface area contributed by atoms with E-state index in [1.807, 2.05) is 11.3 Å². The van der Waals surface area contributed by atoms with Crippen LogP contribution in [0.15, 0.2) is 17.5 Å². The maximum atomic E-state index is 2.50. The van der Waals surface area contributed by atoms with Gasteiger partial charge in [-0.05, 0) is 13.9 Å². The van der Waals surface area contributed by atoms with Gasteiger partial charge in [0.2, 0.25) is 0 Å². The summed E-state index contributed by atoms with van der Waals surface area (Å²) in [7, 11) is -0.996. The van der Waals surface area contributed by atoms with E-state index in [0.29, 0.717) is 0 Å². The topological polar surface area (TPSA) is 0 Å². The number of thiophene rings is 1. The molecule has 1 rings (SSSR count). The van der Waals surface area contributed by atoms with Crippen LogP contribution >= 0.6 is 33.9 Å². The maximum absolute atomic E-state index is 2.50. The van der Waals surface area contributed by atoms with Crippen molar-refractivity contribution in [2.75, 3.05) is 4.05 Å². The molecule has 56 valence electrons. The minimum absolute atomic E-state index is 0.996. The standard InChI is InChI=1S/C7H11ISSi/c1-10(2,6-8)7-4-3-5-9-7/h3-5H,6H2,1-2H3. The van der Waals surface area contributed by atoms with Crippen molar-refractivity contribution in [2.24, 2.45) is 0 Å². The summed E-state index contributed by atoms with van der Waals surface area (Å²) < 4.78 is 2.95. The van der Waals surface area contributed by atoms with Gasteiger partial charge in [-0.25, -0.2) is 0 Å². The van der Waals surface area contributed by atoms with Crippen molar-refractivity contribution in [3.05, 3.63) is 17.5 Å². The number of halogens is 1. The van der Waals surface area contributed by atoms with Crippen molar-refractivity contribution in [1.29, 1.82) is 0 Å². The summed E-state index contributed by atoms with van der Waals surface area (Å²) in [6.45, 7) is 4.84. The number of hydrogen-bond acceptors (Lipinski definition) is 1. The Morgan fingerprint density at radius 2 is 2.30 bits per heavy atom. The number of hydrogen-bond donors (Lipinski definition) is 0. The van der Waals surface area contributed by atoms with Gasteiger partial charge in [0.1, 0.15) is 8.07 Å². The van der Waals surface area contributed by atoms with Gasteiger partial charge in [0, 0.05) is 0 Å². The molecule has 1 heterocycles. The van der Waals surface area contributed by atoms with Crippen LogP contribution in [0.4, 0.5) is 0 Å². The van der Waals surface area contributed by atoms with Crippen molar-refractivity contribution in [3.8, 4) is 0 Å². The Hall–Kier alpha value is 0.647. The Bertz CT molecular complexity index is 193. The Morgan fingerprint density at radius 3 is 2.70 bits per heavy atom. The second-order valence-corrected chi connectivity index (χ2v) is 11.2. The predicted molar refractivity (Wildman–Crippen MR) is 60.3 cm³/mol. The summed E-state index contributed by atoms with van der Waals surface area (Å²) in [5.74, 6) is 0. The second-order valence-electron chi connectivity index (χ2n) is 2.99. The molecule has 0 radical (unpaired) electrons. The molecule has 3 heteroatoms. The van der Waals surface area contributed by atoms with Crippen molar-refractivity contribution in [1.82, 2.24) is 0 Å². The summed E-state index contributed by atoms with van der Waals surface area (Å²) in [5.41, 5.74) is 0. The molecule has 1 aromatic heterocycles. The molecule has 0 nitrogen and oxygen atoms in total. The van der Waals surface area contributed by atoms with E-state index < -0.39 is 8.07 Å². The van der Waals surface area contributed by atoms with Gasteiger partial charge >= 0.3 is 0 Å². The van der Waals surface area contributed by atoms with E-state index in [1.54, 1.807) is 4.50 Å². The third-order valence-corrected chi connectivity index (χ3v) is 12.1. The molecule has 0 aliphatic heterocycles. The average Bonchev–Trinajstić information content (AvgIpc) is 2.38. The van der Waals surface area contributed by atoms with Crippen molar-refractivity contribution < 1.29 is 0 Å². The van der Waals surface area contributed by atoms with Crippen molar-refractivity contribution >= 4 is 46.5 Å². The van der Waals surface area contributed by atoms with Gasteiger partial charge in [-0.2, -0.15) is 11.3 Å². The van der Waals surface area contributed by atoms with Crippen molar-refractivity contribution in [3.63, 3.8) is 0 Å². The SMILES string of the molecule is C[Si](C)(CI)c1cccs1. The van der Waals surface area contributed by atoms with Gasteiger partial charge < -0.3 is 0 Å². The largest absolute Gasteiger partial charge is 0.154 e. The Balaban J connectivity index is 2.85. The molecule has 0 spiro atoms. The van der Waals surface area contributed by atoms with Crippen LogP contribution < -0.4 is 4.50 Å². The van der Waals surface area contributed by atoms with Crippen LogP contribution in [-0.4, -0.2) is 12.1 Å². The minimum Gasteiger partial charge on any atom is -0.154 e. The van der Waals surface area contributed by atoms with Gasteiger partial charge in [0.25, 0.3) is 0 Å². The highest BCUT2D eigenvalue weighted by atomic mass is 127. The maximum Gasteiger partial charge on any atom is 0.103 e. The average molecular weight is 282 g/mol. The highest BCUT2D eigenvalue weighted by Crippen LogP contribution is 2.10. The summed E-state index contributed by atoms with van der Waals surface area (Å²) >= 11 is 4.41. The van der Waals surface area contributed by atoms with Crippen LogP contribution in [0.3, 0.4) is 0 Å². The number of rotatable bonds is 2. The monoisotopic (exact) mass is 282 g/mol. The Morgan fingerprint density at radius 1 is 1.60 bits per heavy atom. The number of alkyl halides is 1. The third kappa shape index (κ3) is 1.82. The van der Waals surface area contributed by atoms with E-state index in [1.165, 1.54) is 4.05 Å². The molecule has 0 amide bonds. The molecular weight excluding hydrogens is 271 g/mol. The van der Waals surface area contributed by atoms with Crippen LogP contribution in [-0.2, 0) is 0 Å². The lowest BCUT2D eigenvalue weighted by Gasteiger charge is -2.16. The molecule has 0 bridgehead atoms. The summed E-state index contributed by atoms with van der Waals surface area (Å²) in [6.07, 6.45) is 0. The van der Waals surface area contributed by atoms with E-state index in [-0.39, 0.29) is 0 Å². The Labute approximate surface area is 80.8 Å². The molecule has 10 heavy (non-hydrogen) atoms. The molecule has 0 fully saturated rings. The first-order valence-corrected chi connectivity index (χ1v) is 8.88. The van der Waals surface area contributed by atoms with Gasteiger partial charge in [-0.15, -0.1) is 0 Å². The van der Waals surface area contributed by atoms with E-state index in [4.69, 9.17) is 0 Å². The molecule has 0 aromatic carbocycles. The lowest BCUT2D eigenvalue weighted by molar-refractivity contribution is 1.78. The lowest BCUT2D eigenvalue weighted by atomic mass is 10.7. The van der Waals surface area contributed by atoms with E-state index in [2.05, 4.69) is 53.2 Å². The summed E-state index contributed by atoms with van der Waals surface area (Å²) in [5, 5.41) is 2.18. The molecule has 0 saturated carbocycles. The van der Waals surface area contributed by atoms with Crippen LogP contribution in [0.5, 0.6) is 0 Å². The molecule has 0 atom stereocenters. The molecule has 0 saturated heterocycles. The molecule has 0 aliphatic carbocycles. The van der Waals surface area contributed by atoms with Crippen LogP contribution in [0, 0.1) is 0 Å². The molecule has 0 aliphatic rings. The van der Waals surface area contributed by atoms with Gasteiger partial charge in [-0.3, -0.25) is 0 Å². The Kier molecular flexibility index (Phi) is 2.94. The smallest absolute Gasteiger partial charge is 0.103 e. The molecule has 1 aromatic rings. The molecular formula is C7H11ISSi. The van der Waals surface area contributed by atoms with Crippen LogP contribution in [0.2, 0.25) is 13.1 Å². The van der Waals surface area contributed by atoms with E-state index >= 15 is 0 Å².